The molecule has 1 aliphatic carbocycles. The van der Waals surface area contributed by atoms with Gasteiger partial charge in [-0.1, -0.05) is 6.42 Å². The standard InChI is InChI=1S/C15H17NO3/c1-9-7-14(17)16-12-8-11(5-6-13(12)19-9)15(18)10-3-2-4-10/h5-6,8-10H,2-4,7H2,1H3,(H,16,17). The molecule has 1 aliphatic heterocycles. The summed E-state index contributed by atoms with van der Waals surface area (Å²) >= 11 is 0. The number of hydrogen-bond acceptors (Lipinski definition) is 3. The van der Waals surface area contributed by atoms with Crippen LogP contribution in [0.25, 0.3) is 0 Å². The van der Waals surface area contributed by atoms with Crippen LogP contribution in [0.3, 0.4) is 0 Å². The van der Waals surface area contributed by atoms with Crippen molar-refractivity contribution in [3.05, 3.63) is 23.8 Å². The Hall–Kier alpha value is -1.84. The van der Waals surface area contributed by atoms with E-state index in [4.69, 9.17) is 4.74 Å². The quantitative estimate of drug-likeness (QED) is 0.831. The Morgan fingerprint density at radius 2 is 2.16 bits per heavy atom. The fraction of sp³-hybridized carbons (Fsp3) is 0.467. The molecule has 4 heteroatoms. The van der Waals surface area contributed by atoms with Crippen LogP contribution < -0.4 is 10.1 Å². The zero-order valence-corrected chi connectivity index (χ0v) is 10.9. The zero-order chi connectivity index (χ0) is 13.4. The van der Waals surface area contributed by atoms with Crippen molar-refractivity contribution in [2.24, 2.45) is 5.92 Å². The van der Waals surface area contributed by atoms with Gasteiger partial charge in [0.05, 0.1) is 12.1 Å². The maximum absolute atomic E-state index is 12.2. The van der Waals surface area contributed by atoms with Crippen molar-refractivity contribution in [2.75, 3.05) is 5.32 Å². The average Bonchev–Trinajstić information content (AvgIpc) is 2.42. The number of Topliss-reactive ketones (excluding diaryl/α,β-unsaturated/α-hetero) is 1. The first-order chi connectivity index (χ1) is 9.13. The number of fused-ring (bicyclic) bond motifs is 1. The van der Waals surface area contributed by atoms with E-state index in [-0.39, 0.29) is 23.7 Å². The van der Waals surface area contributed by atoms with Gasteiger partial charge in [-0.3, -0.25) is 9.59 Å². The number of carbonyl (C=O) groups excluding carboxylic acids is 2. The summed E-state index contributed by atoms with van der Waals surface area (Å²) in [7, 11) is 0. The summed E-state index contributed by atoms with van der Waals surface area (Å²) in [6, 6.07) is 5.32. The van der Waals surface area contributed by atoms with E-state index in [2.05, 4.69) is 5.32 Å². The molecule has 1 unspecified atom stereocenters. The summed E-state index contributed by atoms with van der Waals surface area (Å²) in [5.74, 6) is 0.919. The SMILES string of the molecule is CC1CC(=O)Nc2cc(C(=O)C3CCC3)ccc2O1. The minimum absolute atomic E-state index is 0.0699. The highest BCUT2D eigenvalue weighted by Gasteiger charge is 2.27. The fourth-order valence-electron chi connectivity index (χ4n) is 2.51. The molecule has 0 bridgehead atoms. The second-order valence-electron chi connectivity index (χ2n) is 5.38. The molecule has 1 aromatic carbocycles. The topological polar surface area (TPSA) is 55.4 Å². The molecule has 3 rings (SSSR count). The minimum Gasteiger partial charge on any atom is -0.488 e. The molecule has 19 heavy (non-hydrogen) atoms. The van der Waals surface area contributed by atoms with E-state index in [9.17, 15) is 9.59 Å². The van der Waals surface area contributed by atoms with E-state index < -0.39 is 0 Å². The van der Waals surface area contributed by atoms with E-state index in [1.165, 1.54) is 0 Å². The summed E-state index contributed by atoms with van der Waals surface area (Å²) in [4.78, 5) is 23.9. The van der Waals surface area contributed by atoms with Gasteiger partial charge in [-0.05, 0) is 38.0 Å². The van der Waals surface area contributed by atoms with E-state index in [1.807, 2.05) is 6.92 Å². The minimum atomic E-state index is -0.144. The third kappa shape index (κ3) is 2.35. The van der Waals surface area contributed by atoms with Crippen LogP contribution in [0, 0.1) is 5.92 Å². The van der Waals surface area contributed by atoms with E-state index in [1.54, 1.807) is 18.2 Å². The largest absolute Gasteiger partial charge is 0.488 e. The predicted molar refractivity (Wildman–Crippen MR) is 71.5 cm³/mol. The van der Waals surface area contributed by atoms with Gasteiger partial charge in [0.15, 0.2) is 5.78 Å². The lowest BCUT2D eigenvalue weighted by Crippen LogP contribution is -2.22. The van der Waals surface area contributed by atoms with Crippen LogP contribution in [0.1, 0.15) is 43.0 Å². The molecule has 1 saturated carbocycles. The number of anilines is 1. The van der Waals surface area contributed by atoms with Crippen molar-refractivity contribution in [3.8, 4) is 5.75 Å². The number of ketones is 1. The molecule has 1 amide bonds. The van der Waals surface area contributed by atoms with Crippen LogP contribution in [0.2, 0.25) is 0 Å². The molecule has 1 atom stereocenters. The number of benzene rings is 1. The van der Waals surface area contributed by atoms with E-state index in [0.29, 0.717) is 23.4 Å². The smallest absolute Gasteiger partial charge is 0.228 e. The van der Waals surface area contributed by atoms with Gasteiger partial charge in [-0.25, -0.2) is 0 Å². The molecule has 1 N–H and O–H groups in total. The molecule has 1 fully saturated rings. The van der Waals surface area contributed by atoms with Crippen LogP contribution in [-0.4, -0.2) is 17.8 Å². The maximum Gasteiger partial charge on any atom is 0.228 e. The van der Waals surface area contributed by atoms with Crippen LogP contribution >= 0.6 is 0 Å². The molecule has 1 heterocycles. The van der Waals surface area contributed by atoms with Gasteiger partial charge in [0, 0.05) is 11.5 Å². The van der Waals surface area contributed by atoms with Crippen molar-refractivity contribution < 1.29 is 14.3 Å². The van der Waals surface area contributed by atoms with Gasteiger partial charge in [-0.15, -0.1) is 0 Å². The lowest BCUT2D eigenvalue weighted by Gasteiger charge is -2.24. The van der Waals surface area contributed by atoms with Gasteiger partial charge in [0.1, 0.15) is 11.9 Å². The highest BCUT2D eigenvalue weighted by molar-refractivity contribution is 6.01. The van der Waals surface area contributed by atoms with Gasteiger partial charge in [-0.2, -0.15) is 0 Å². The first-order valence-electron chi connectivity index (χ1n) is 6.78. The Balaban J connectivity index is 1.90. The molecule has 0 saturated heterocycles. The molecule has 0 aromatic heterocycles. The molecule has 4 nitrogen and oxygen atoms in total. The lowest BCUT2D eigenvalue weighted by atomic mass is 9.80. The fourth-order valence-corrected chi connectivity index (χ4v) is 2.51. The molecular formula is C15H17NO3. The number of hydrogen-bond donors (Lipinski definition) is 1. The number of carbonyl (C=O) groups is 2. The lowest BCUT2D eigenvalue weighted by molar-refractivity contribution is -0.117. The summed E-state index contributed by atoms with van der Waals surface area (Å²) in [5, 5.41) is 2.81. The monoisotopic (exact) mass is 259 g/mol. The van der Waals surface area contributed by atoms with Gasteiger partial charge in [0.25, 0.3) is 0 Å². The van der Waals surface area contributed by atoms with Gasteiger partial charge in [0.2, 0.25) is 5.91 Å². The maximum atomic E-state index is 12.2. The zero-order valence-electron chi connectivity index (χ0n) is 10.9. The molecule has 0 radical (unpaired) electrons. The van der Waals surface area contributed by atoms with Crippen molar-refractivity contribution >= 4 is 17.4 Å². The first-order valence-corrected chi connectivity index (χ1v) is 6.78. The Bertz CT molecular complexity index is 534. The van der Waals surface area contributed by atoms with Gasteiger partial charge < -0.3 is 10.1 Å². The second kappa shape index (κ2) is 4.68. The summed E-state index contributed by atoms with van der Waals surface area (Å²) < 4.78 is 5.67. The average molecular weight is 259 g/mol. The molecule has 0 spiro atoms. The Morgan fingerprint density at radius 3 is 2.84 bits per heavy atom. The number of nitrogens with one attached hydrogen (secondary N) is 1. The third-order valence-corrected chi connectivity index (χ3v) is 3.82. The summed E-state index contributed by atoms with van der Waals surface area (Å²) in [6.07, 6.45) is 3.29. The number of rotatable bonds is 2. The molecular weight excluding hydrogens is 242 g/mol. The third-order valence-electron chi connectivity index (χ3n) is 3.82. The second-order valence-corrected chi connectivity index (χ2v) is 5.38. The van der Waals surface area contributed by atoms with Crippen LogP contribution in [0.4, 0.5) is 5.69 Å². The first kappa shape index (κ1) is 12.2. The van der Waals surface area contributed by atoms with Crippen molar-refractivity contribution in [2.45, 2.75) is 38.7 Å². The predicted octanol–water partition coefficient (Wildman–Crippen LogP) is 2.78. The molecule has 2 aliphatic rings. The van der Waals surface area contributed by atoms with Crippen LogP contribution in [0.5, 0.6) is 5.75 Å². The van der Waals surface area contributed by atoms with Crippen molar-refractivity contribution in [1.29, 1.82) is 0 Å². The van der Waals surface area contributed by atoms with E-state index in [0.717, 1.165) is 19.3 Å². The Morgan fingerprint density at radius 1 is 1.37 bits per heavy atom. The Kier molecular flexibility index (Phi) is 3.01. The van der Waals surface area contributed by atoms with Crippen molar-refractivity contribution in [3.63, 3.8) is 0 Å². The van der Waals surface area contributed by atoms with Crippen molar-refractivity contribution in [1.82, 2.24) is 0 Å². The highest BCUT2D eigenvalue weighted by atomic mass is 16.5. The van der Waals surface area contributed by atoms with Crippen LogP contribution in [0.15, 0.2) is 18.2 Å². The highest BCUT2D eigenvalue weighted by Crippen LogP contribution is 2.34. The molecule has 1 aromatic rings. The Labute approximate surface area is 112 Å². The normalized spacial score (nSPS) is 22.6. The van der Waals surface area contributed by atoms with Gasteiger partial charge >= 0.3 is 0 Å². The summed E-state index contributed by atoms with van der Waals surface area (Å²) in [5.41, 5.74) is 1.28. The van der Waals surface area contributed by atoms with E-state index >= 15 is 0 Å². The molecule has 100 valence electrons. The number of amides is 1. The van der Waals surface area contributed by atoms with Crippen LogP contribution in [-0.2, 0) is 4.79 Å². The number of ether oxygens (including phenoxy) is 1. The summed E-state index contributed by atoms with van der Waals surface area (Å²) in [6.45, 7) is 1.86.